The number of fused-ring (bicyclic) bond motifs is 1. The van der Waals surface area contributed by atoms with Crippen molar-refractivity contribution in [2.75, 3.05) is 25.5 Å². The lowest BCUT2D eigenvalue weighted by Crippen LogP contribution is -2.52. The Bertz CT molecular complexity index is 820. The standard InChI is InChI=1S/C19H25N5O3/c1-4-13(14-8-6-5-7-9-14)10-20-15(25)11-24-12-21-17-16(24)18(26)23(3)19(27)22(17)2/h5-9,12-13,19,27H,4,10-11H2,1-3H3,(H,20,25). The van der Waals surface area contributed by atoms with Gasteiger partial charge in [0.2, 0.25) is 12.3 Å². The maximum absolute atomic E-state index is 12.5. The van der Waals surface area contributed by atoms with Crippen LogP contribution in [-0.2, 0) is 11.3 Å². The minimum atomic E-state index is -1.07. The Balaban J connectivity index is 1.67. The summed E-state index contributed by atoms with van der Waals surface area (Å²) in [7, 11) is 3.16. The van der Waals surface area contributed by atoms with Crippen LogP contribution in [0.25, 0.3) is 0 Å². The second-order valence-electron chi connectivity index (χ2n) is 6.74. The number of rotatable bonds is 6. The molecular formula is C19H25N5O3. The van der Waals surface area contributed by atoms with Crippen LogP contribution in [0.2, 0.25) is 0 Å². The first-order chi connectivity index (χ1) is 12.9. The van der Waals surface area contributed by atoms with Crippen molar-refractivity contribution in [1.29, 1.82) is 0 Å². The molecule has 2 aromatic rings. The van der Waals surface area contributed by atoms with Gasteiger partial charge in [-0.25, -0.2) is 4.98 Å². The van der Waals surface area contributed by atoms with E-state index in [9.17, 15) is 14.7 Å². The molecule has 3 rings (SSSR count). The largest absolute Gasteiger partial charge is 0.356 e. The molecule has 0 fully saturated rings. The van der Waals surface area contributed by atoms with Crippen LogP contribution in [0.1, 0.15) is 35.3 Å². The molecule has 0 aliphatic carbocycles. The summed E-state index contributed by atoms with van der Waals surface area (Å²) < 4.78 is 1.52. The van der Waals surface area contributed by atoms with Crippen molar-refractivity contribution < 1.29 is 14.7 Å². The number of nitrogens with one attached hydrogen (secondary N) is 1. The number of hydrogen-bond donors (Lipinski definition) is 2. The minimum Gasteiger partial charge on any atom is -0.356 e. The molecule has 1 aliphatic rings. The highest BCUT2D eigenvalue weighted by Gasteiger charge is 2.36. The molecule has 0 saturated carbocycles. The third-order valence-electron chi connectivity index (χ3n) is 4.99. The van der Waals surface area contributed by atoms with Gasteiger partial charge >= 0.3 is 0 Å². The molecule has 2 unspecified atom stereocenters. The summed E-state index contributed by atoms with van der Waals surface area (Å²) in [6, 6.07) is 10.1. The summed E-state index contributed by atoms with van der Waals surface area (Å²) in [5.74, 6) is 0.0560. The van der Waals surface area contributed by atoms with Crippen molar-refractivity contribution in [3.63, 3.8) is 0 Å². The maximum Gasteiger partial charge on any atom is 0.277 e. The van der Waals surface area contributed by atoms with Gasteiger partial charge in [-0.2, -0.15) is 0 Å². The number of aliphatic hydroxyl groups excluding tert-OH is 1. The van der Waals surface area contributed by atoms with Crippen molar-refractivity contribution in [3.8, 4) is 0 Å². The lowest BCUT2D eigenvalue weighted by molar-refractivity contribution is -0.121. The van der Waals surface area contributed by atoms with Gasteiger partial charge in [0.05, 0.1) is 6.33 Å². The first-order valence-electron chi connectivity index (χ1n) is 8.98. The predicted molar refractivity (Wildman–Crippen MR) is 101 cm³/mol. The Morgan fingerprint density at radius 3 is 2.63 bits per heavy atom. The second-order valence-corrected chi connectivity index (χ2v) is 6.74. The number of hydrogen-bond acceptors (Lipinski definition) is 5. The van der Waals surface area contributed by atoms with E-state index in [0.29, 0.717) is 18.1 Å². The van der Waals surface area contributed by atoms with Crippen LogP contribution in [0.3, 0.4) is 0 Å². The molecule has 144 valence electrons. The normalized spacial score (nSPS) is 17.6. The number of nitrogens with zero attached hydrogens (tertiary/aromatic N) is 4. The number of aliphatic hydroxyl groups is 1. The summed E-state index contributed by atoms with van der Waals surface area (Å²) in [4.78, 5) is 31.8. The molecule has 2 amide bonds. The van der Waals surface area contributed by atoms with E-state index in [-0.39, 0.29) is 24.3 Å². The Morgan fingerprint density at radius 2 is 1.96 bits per heavy atom. The smallest absolute Gasteiger partial charge is 0.277 e. The Labute approximate surface area is 158 Å². The predicted octanol–water partition coefficient (Wildman–Crippen LogP) is 0.991. The number of aromatic nitrogens is 2. The molecule has 27 heavy (non-hydrogen) atoms. The second kappa shape index (κ2) is 7.79. The molecule has 8 heteroatoms. The maximum atomic E-state index is 12.5. The average molecular weight is 371 g/mol. The average Bonchev–Trinajstić information content (AvgIpc) is 3.09. The minimum absolute atomic E-state index is 0.00290. The summed E-state index contributed by atoms with van der Waals surface area (Å²) in [6.07, 6.45) is 1.30. The van der Waals surface area contributed by atoms with Crippen molar-refractivity contribution in [3.05, 3.63) is 47.9 Å². The summed E-state index contributed by atoms with van der Waals surface area (Å²) in [5, 5.41) is 13.0. The van der Waals surface area contributed by atoms with Gasteiger partial charge in [0.1, 0.15) is 6.54 Å². The molecule has 2 N–H and O–H groups in total. The molecule has 1 aromatic carbocycles. The van der Waals surface area contributed by atoms with Crippen LogP contribution >= 0.6 is 0 Å². The highest BCUT2D eigenvalue weighted by molar-refractivity contribution is 5.99. The van der Waals surface area contributed by atoms with Gasteiger partial charge in [0.15, 0.2) is 11.5 Å². The molecule has 0 spiro atoms. The molecule has 2 heterocycles. The number of amides is 2. The number of carbonyl (C=O) groups excluding carboxylic acids is 2. The Kier molecular flexibility index (Phi) is 5.46. The van der Waals surface area contributed by atoms with Gasteiger partial charge in [-0.05, 0) is 12.0 Å². The summed E-state index contributed by atoms with van der Waals surface area (Å²) in [6.45, 7) is 2.62. The molecule has 1 aromatic heterocycles. The highest BCUT2D eigenvalue weighted by Crippen LogP contribution is 2.26. The van der Waals surface area contributed by atoms with Gasteiger partial charge in [0.25, 0.3) is 5.91 Å². The number of benzene rings is 1. The van der Waals surface area contributed by atoms with E-state index < -0.39 is 6.35 Å². The van der Waals surface area contributed by atoms with E-state index in [0.717, 1.165) is 6.42 Å². The molecule has 0 saturated heterocycles. The van der Waals surface area contributed by atoms with Crippen molar-refractivity contribution in [2.24, 2.45) is 0 Å². The van der Waals surface area contributed by atoms with E-state index in [1.165, 1.54) is 33.3 Å². The van der Waals surface area contributed by atoms with Crippen LogP contribution in [-0.4, -0.2) is 58.4 Å². The zero-order chi connectivity index (χ0) is 19.6. The summed E-state index contributed by atoms with van der Waals surface area (Å²) >= 11 is 0. The van der Waals surface area contributed by atoms with Gasteiger partial charge in [-0.15, -0.1) is 0 Å². The number of imidazole rings is 1. The lowest BCUT2D eigenvalue weighted by atomic mass is 9.96. The molecule has 0 bridgehead atoms. The van der Waals surface area contributed by atoms with E-state index >= 15 is 0 Å². The molecule has 8 nitrogen and oxygen atoms in total. The van der Waals surface area contributed by atoms with E-state index in [2.05, 4.69) is 29.4 Å². The molecule has 0 radical (unpaired) electrons. The zero-order valence-corrected chi connectivity index (χ0v) is 15.8. The number of carbonyl (C=O) groups is 2. The number of anilines is 1. The van der Waals surface area contributed by atoms with Crippen molar-refractivity contribution in [1.82, 2.24) is 19.8 Å². The molecular weight excluding hydrogens is 346 g/mol. The summed E-state index contributed by atoms with van der Waals surface area (Å²) in [5.41, 5.74) is 1.49. The Hall–Kier alpha value is -2.87. The van der Waals surface area contributed by atoms with E-state index in [1.807, 2.05) is 18.2 Å². The lowest BCUT2D eigenvalue weighted by Gasteiger charge is -2.36. The van der Waals surface area contributed by atoms with Crippen LogP contribution in [0, 0.1) is 0 Å². The van der Waals surface area contributed by atoms with E-state index in [1.54, 1.807) is 7.05 Å². The highest BCUT2D eigenvalue weighted by atomic mass is 16.3. The monoisotopic (exact) mass is 371 g/mol. The van der Waals surface area contributed by atoms with Crippen LogP contribution in [0.4, 0.5) is 5.82 Å². The molecule has 1 aliphatic heterocycles. The topological polar surface area (TPSA) is 90.7 Å². The van der Waals surface area contributed by atoms with Gasteiger partial charge in [-0.3, -0.25) is 14.5 Å². The first kappa shape index (κ1) is 18.9. The zero-order valence-electron chi connectivity index (χ0n) is 15.8. The van der Waals surface area contributed by atoms with Crippen LogP contribution in [0.5, 0.6) is 0 Å². The quantitative estimate of drug-likeness (QED) is 0.790. The fourth-order valence-electron chi connectivity index (χ4n) is 3.28. The van der Waals surface area contributed by atoms with E-state index in [4.69, 9.17) is 0 Å². The van der Waals surface area contributed by atoms with Crippen LogP contribution < -0.4 is 10.2 Å². The SMILES string of the molecule is CCC(CNC(=O)Cn1cnc2c1C(=O)N(C)C(O)N2C)c1ccccc1. The fourth-order valence-corrected chi connectivity index (χ4v) is 3.28. The third kappa shape index (κ3) is 3.66. The fraction of sp³-hybridized carbons (Fsp3) is 0.421. The molecule has 2 atom stereocenters. The van der Waals surface area contributed by atoms with Gasteiger partial charge in [-0.1, -0.05) is 37.3 Å². The van der Waals surface area contributed by atoms with Gasteiger partial charge in [0, 0.05) is 26.6 Å². The van der Waals surface area contributed by atoms with Crippen LogP contribution in [0.15, 0.2) is 36.7 Å². The van der Waals surface area contributed by atoms with Gasteiger partial charge < -0.3 is 19.9 Å². The van der Waals surface area contributed by atoms with Crippen molar-refractivity contribution >= 4 is 17.6 Å². The Morgan fingerprint density at radius 1 is 1.26 bits per heavy atom. The third-order valence-corrected chi connectivity index (χ3v) is 4.99. The first-order valence-corrected chi connectivity index (χ1v) is 8.98. The van der Waals surface area contributed by atoms with Crippen molar-refractivity contribution in [2.45, 2.75) is 32.2 Å².